The van der Waals surface area contributed by atoms with Gasteiger partial charge in [-0.05, 0) is 13.8 Å². The van der Waals surface area contributed by atoms with E-state index in [1.165, 1.54) is 0 Å². The summed E-state index contributed by atoms with van der Waals surface area (Å²) in [6.07, 6.45) is 0. The van der Waals surface area contributed by atoms with Gasteiger partial charge in [-0.2, -0.15) is 0 Å². The smallest absolute Gasteiger partial charge is 0.226 e. The van der Waals surface area contributed by atoms with Gasteiger partial charge in [0.05, 0.1) is 25.2 Å². The van der Waals surface area contributed by atoms with Crippen molar-refractivity contribution < 1.29 is 14.3 Å². The quantitative estimate of drug-likeness (QED) is 0.658. The Morgan fingerprint density at radius 3 is 2.18 bits per heavy atom. The van der Waals surface area contributed by atoms with Gasteiger partial charge in [-0.15, -0.1) is 12.4 Å². The van der Waals surface area contributed by atoms with Gasteiger partial charge >= 0.3 is 0 Å². The molecule has 17 heavy (non-hydrogen) atoms. The summed E-state index contributed by atoms with van der Waals surface area (Å²) in [4.78, 5) is 11.7. The lowest BCUT2D eigenvalue weighted by Gasteiger charge is -2.28. The maximum atomic E-state index is 11.7. The summed E-state index contributed by atoms with van der Waals surface area (Å²) in [7, 11) is 0. The lowest BCUT2D eigenvalue weighted by molar-refractivity contribution is -0.128. The van der Waals surface area contributed by atoms with Crippen LogP contribution in [-0.2, 0) is 14.3 Å². The van der Waals surface area contributed by atoms with E-state index in [2.05, 4.69) is 10.6 Å². The van der Waals surface area contributed by atoms with Gasteiger partial charge in [0, 0.05) is 26.3 Å². The van der Waals surface area contributed by atoms with Gasteiger partial charge < -0.3 is 20.1 Å². The number of rotatable bonds is 8. The highest BCUT2D eigenvalue weighted by Gasteiger charge is 2.26. The van der Waals surface area contributed by atoms with Crippen LogP contribution in [-0.4, -0.2) is 51.5 Å². The van der Waals surface area contributed by atoms with Crippen molar-refractivity contribution in [3.63, 3.8) is 0 Å². The largest absolute Gasteiger partial charge is 0.380 e. The van der Waals surface area contributed by atoms with Crippen LogP contribution < -0.4 is 10.6 Å². The zero-order valence-corrected chi connectivity index (χ0v) is 11.3. The molecule has 0 aromatic carbocycles. The van der Waals surface area contributed by atoms with Gasteiger partial charge in [-0.25, -0.2) is 0 Å². The molecule has 0 atom stereocenters. The molecule has 2 N–H and O–H groups in total. The third kappa shape index (κ3) is 6.21. The van der Waals surface area contributed by atoms with Crippen LogP contribution >= 0.6 is 12.4 Å². The zero-order chi connectivity index (χ0) is 11.8. The maximum absolute atomic E-state index is 11.7. The molecule has 1 heterocycles. The molecule has 0 bridgehead atoms. The number of hydrogen-bond donors (Lipinski definition) is 2. The first kappa shape index (κ1) is 16.6. The van der Waals surface area contributed by atoms with Crippen molar-refractivity contribution in [1.82, 2.24) is 10.6 Å². The minimum atomic E-state index is -0.0343. The van der Waals surface area contributed by atoms with E-state index in [9.17, 15) is 4.79 Å². The molecule has 1 fully saturated rings. The molecule has 0 aliphatic carbocycles. The normalized spacial score (nSPS) is 15.2. The van der Waals surface area contributed by atoms with Crippen LogP contribution in [0.3, 0.4) is 0 Å². The summed E-state index contributed by atoms with van der Waals surface area (Å²) < 4.78 is 10.6. The molecule has 0 aromatic rings. The molecule has 0 spiro atoms. The fourth-order valence-electron chi connectivity index (χ4n) is 1.44. The molecular weight excluding hydrogens is 244 g/mol. The van der Waals surface area contributed by atoms with Crippen molar-refractivity contribution in [2.75, 3.05) is 39.5 Å². The number of amides is 1. The molecule has 5 nitrogen and oxygen atoms in total. The second kappa shape index (κ2) is 9.65. The average Bonchev–Trinajstić information content (AvgIpc) is 2.19. The lowest BCUT2D eigenvalue weighted by atomic mass is 10.0. The van der Waals surface area contributed by atoms with Crippen molar-refractivity contribution in [3.8, 4) is 0 Å². The standard InChI is InChI=1S/C11H22N2O3.ClH/c1-3-15-7-10(8-16-4-2)13-11(14)9-5-12-6-9;/h9-10,12H,3-8H2,1-2H3,(H,13,14);1H. The predicted octanol–water partition coefficient (Wildman–Crippen LogP) is 0.185. The van der Waals surface area contributed by atoms with E-state index < -0.39 is 0 Å². The van der Waals surface area contributed by atoms with E-state index in [1.807, 2.05) is 13.8 Å². The van der Waals surface area contributed by atoms with E-state index in [0.29, 0.717) is 26.4 Å². The molecular formula is C11H23ClN2O3. The van der Waals surface area contributed by atoms with Crippen molar-refractivity contribution >= 4 is 18.3 Å². The topological polar surface area (TPSA) is 59.6 Å². The number of hydrogen-bond acceptors (Lipinski definition) is 4. The highest BCUT2D eigenvalue weighted by molar-refractivity contribution is 5.85. The van der Waals surface area contributed by atoms with Gasteiger partial charge in [-0.3, -0.25) is 4.79 Å². The third-order valence-corrected chi connectivity index (χ3v) is 2.54. The number of carbonyl (C=O) groups is 1. The highest BCUT2D eigenvalue weighted by Crippen LogP contribution is 2.03. The fraction of sp³-hybridized carbons (Fsp3) is 0.909. The SMILES string of the molecule is CCOCC(COCC)NC(=O)C1CNC1.Cl. The maximum Gasteiger partial charge on any atom is 0.226 e. The first-order valence-electron chi connectivity index (χ1n) is 5.94. The Morgan fingerprint density at radius 2 is 1.82 bits per heavy atom. The van der Waals surface area contributed by atoms with Crippen LogP contribution in [0.2, 0.25) is 0 Å². The molecule has 0 unspecified atom stereocenters. The Bertz CT molecular complexity index is 205. The second-order valence-corrected chi connectivity index (χ2v) is 3.88. The first-order chi connectivity index (χ1) is 7.77. The van der Waals surface area contributed by atoms with E-state index in [0.717, 1.165) is 13.1 Å². The van der Waals surface area contributed by atoms with Crippen LogP contribution in [0, 0.1) is 5.92 Å². The van der Waals surface area contributed by atoms with Crippen molar-refractivity contribution in [3.05, 3.63) is 0 Å². The molecule has 1 saturated heterocycles. The van der Waals surface area contributed by atoms with Gasteiger partial charge in [0.15, 0.2) is 0 Å². The first-order valence-corrected chi connectivity index (χ1v) is 5.94. The average molecular weight is 267 g/mol. The highest BCUT2D eigenvalue weighted by atomic mass is 35.5. The zero-order valence-electron chi connectivity index (χ0n) is 10.5. The van der Waals surface area contributed by atoms with Gasteiger partial charge in [-0.1, -0.05) is 0 Å². The summed E-state index contributed by atoms with van der Waals surface area (Å²) in [5.74, 6) is 0.217. The van der Waals surface area contributed by atoms with Crippen LogP contribution in [0.25, 0.3) is 0 Å². The minimum Gasteiger partial charge on any atom is -0.380 e. The number of carbonyl (C=O) groups excluding carboxylic acids is 1. The van der Waals surface area contributed by atoms with Crippen LogP contribution in [0.1, 0.15) is 13.8 Å². The van der Waals surface area contributed by atoms with E-state index in [4.69, 9.17) is 9.47 Å². The van der Waals surface area contributed by atoms with Crippen LogP contribution in [0.4, 0.5) is 0 Å². The Morgan fingerprint density at radius 1 is 1.29 bits per heavy atom. The Balaban J connectivity index is 0.00000256. The summed E-state index contributed by atoms with van der Waals surface area (Å²) in [6, 6.07) is -0.0343. The number of ether oxygens (including phenoxy) is 2. The molecule has 0 saturated carbocycles. The molecule has 102 valence electrons. The molecule has 1 rings (SSSR count). The third-order valence-electron chi connectivity index (χ3n) is 2.54. The number of halogens is 1. The van der Waals surface area contributed by atoms with Crippen LogP contribution in [0.5, 0.6) is 0 Å². The van der Waals surface area contributed by atoms with Crippen molar-refractivity contribution in [2.45, 2.75) is 19.9 Å². The Labute approximate surface area is 109 Å². The van der Waals surface area contributed by atoms with E-state index >= 15 is 0 Å². The van der Waals surface area contributed by atoms with Crippen molar-refractivity contribution in [1.29, 1.82) is 0 Å². The molecule has 1 aliphatic heterocycles. The second-order valence-electron chi connectivity index (χ2n) is 3.88. The Kier molecular flexibility index (Phi) is 9.44. The van der Waals surface area contributed by atoms with Crippen molar-refractivity contribution in [2.24, 2.45) is 5.92 Å². The molecule has 1 amide bonds. The molecule has 0 radical (unpaired) electrons. The molecule has 6 heteroatoms. The van der Waals surface area contributed by atoms with E-state index in [-0.39, 0.29) is 30.3 Å². The van der Waals surface area contributed by atoms with Gasteiger partial charge in [0.2, 0.25) is 5.91 Å². The van der Waals surface area contributed by atoms with Gasteiger partial charge in [0.1, 0.15) is 0 Å². The minimum absolute atomic E-state index is 0. The summed E-state index contributed by atoms with van der Waals surface area (Å²) in [5, 5.41) is 6.04. The fourth-order valence-corrected chi connectivity index (χ4v) is 1.44. The van der Waals surface area contributed by atoms with Gasteiger partial charge in [0.25, 0.3) is 0 Å². The van der Waals surface area contributed by atoms with E-state index in [1.54, 1.807) is 0 Å². The van der Waals surface area contributed by atoms with Crippen LogP contribution in [0.15, 0.2) is 0 Å². The number of nitrogens with one attached hydrogen (secondary N) is 2. The molecule has 0 aromatic heterocycles. The summed E-state index contributed by atoms with van der Waals surface area (Å²) in [5.41, 5.74) is 0. The molecule has 1 aliphatic rings. The Hall–Kier alpha value is -0.360. The predicted molar refractivity (Wildman–Crippen MR) is 68.5 cm³/mol. The lowest BCUT2D eigenvalue weighted by Crippen LogP contribution is -2.54. The summed E-state index contributed by atoms with van der Waals surface area (Å²) >= 11 is 0. The monoisotopic (exact) mass is 266 g/mol. The summed E-state index contributed by atoms with van der Waals surface area (Å²) in [6.45, 7) is 7.78.